The summed E-state index contributed by atoms with van der Waals surface area (Å²) in [6.07, 6.45) is 1.32. The highest BCUT2D eigenvalue weighted by atomic mass is 16.5. The van der Waals surface area contributed by atoms with Gasteiger partial charge in [-0.15, -0.1) is 0 Å². The lowest BCUT2D eigenvalue weighted by molar-refractivity contribution is 0.114. The number of benzene rings is 1. The molecule has 0 aromatic heterocycles. The molecule has 1 heterocycles. The molecule has 1 aromatic carbocycles. The number of rotatable bonds is 8. The monoisotopic (exact) mass is 333 g/mol. The standard InChI is InChI=1S/C19H31N3O2/c1-3-20-19(22-11-10-17(14-22)15-24-4-2)21-13-18(23)12-16-8-6-5-7-9-16/h5-9,17-18,23H,3-4,10-15H2,1-2H3,(H,20,21). The number of aliphatic imine (C=N–C) groups is 1. The van der Waals surface area contributed by atoms with Crippen molar-refractivity contribution in [2.75, 3.05) is 39.4 Å². The third-order valence-corrected chi connectivity index (χ3v) is 4.24. The van der Waals surface area contributed by atoms with Crippen molar-refractivity contribution in [2.24, 2.45) is 10.9 Å². The summed E-state index contributed by atoms with van der Waals surface area (Å²) in [7, 11) is 0. The molecule has 24 heavy (non-hydrogen) atoms. The Kier molecular flexibility index (Phi) is 8.05. The van der Waals surface area contributed by atoms with Gasteiger partial charge in [0.1, 0.15) is 0 Å². The Hall–Kier alpha value is -1.59. The van der Waals surface area contributed by atoms with Crippen molar-refractivity contribution in [3.8, 4) is 0 Å². The van der Waals surface area contributed by atoms with Crippen LogP contribution in [0.15, 0.2) is 35.3 Å². The average molecular weight is 333 g/mol. The Bertz CT molecular complexity index is 493. The fraction of sp³-hybridized carbons (Fsp3) is 0.632. The molecule has 2 unspecified atom stereocenters. The second-order valence-corrected chi connectivity index (χ2v) is 6.30. The van der Waals surface area contributed by atoms with Gasteiger partial charge in [-0.3, -0.25) is 4.99 Å². The van der Waals surface area contributed by atoms with Gasteiger partial charge in [0.25, 0.3) is 0 Å². The van der Waals surface area contributed by atoms with E-state index in [-0.39, 0.29) is 0 Å². The van der Waals surface area contributed by atoms with Crippen LogP contribution in [0.3, 0.4) is 0 Å². The third kappa shape index (κ3) is 6.13. The first kappa shape index (κ1) is 18.7. The van der Waals surface area contributed by atoms with Crippen LogP contribution in [0.5, 0.6) is 0 Å². The summed E-state index contributed by atoms with van der Waals surface area (Å²) in [6, 6.07) is 10.1. The van der Waals surface area contributed by atoms with Gasteiger partial charge in [-0.25, -0.2) is 0 Å². The van der Waals surface area contributed by atoms with Crippen LogP contribution in [-0.4, -0.2) is 61.5 Å². The molecule has 0 radical (unpaired) electrons. The van der Waals surface area contributed by atoms with Crippen LogP contribution in [-0.2, 0) is 11.2 Å². The molecule has 134 valence electrons. The number of ether oxygens (including phenoxy) is 1. The smallest absolute Gasteiger partial charge is 0.194 e. The van der Waals surface area contributed by atoms with Crippen LogP contribution >= 0.6 is 0 Å². The van der Waals surface area contributed by atoms with Crippen LogP contribution in [0.2, 0.25) is 0 Å². The number of nitrogens with one attached hydrogen (secondary N) is 1. The maximum atomic E-state index is 10.3. The van der Waals surface area contributed by atoms with E-state index in [0.717, 1.165) is 50.8 Å². The average Bonchev–Trinajstić information content (AvgIpc) is 3.06. The number of likely N-dealkylation sites (tertiary alicyclic amines) is 1. The summed E-state index contributed by atoms with van der Waals surface area (Å²) in [5, 5.41) is 13.6. The number of nitrogens with zero attached hydrogens (tertiary/aromatic N) is 2. The van der Waals surface area contributed by atoms with E-state index >= 15 is 0 Å². The van der Waals surface area contributed by atoms with Crippen LogP contribution in [0.1, 0.15) is 25.8 Å². The van der Waals surface area contributed by atoms with E-state index in [9.17, 15) is 5.11 Å². The number of hydrogen-bond donors (Lipinski definition) is 2. The largest absolute Gasteiger partial charge is 0.391 e. The normalized spacial score (nSPS) is 19.5. The zero-order chi connectivity index (χ0) is 17.2. The van der Waals surface area contributed by atoms with Crippen molar-refractivity contribution in [2.45, 2.75) is 32.8 Å². The molecule has 0 amide bonds. The molecule has 5 heteroatoms. The van der Waals surface area contributed by atoms with Crippen LogP contribution in [0.4, 0.5) is 0 Å². The summed E-state index contributed by atoms with van der Waals surface area (Å²) in [4.78, 5) is 6.93. The first-order valence-electron chi connectivity index (χ1n) is 9.05. The maximum absolute atomic E-state index is 10.3. The molecule has 1 aliphatic rings. The summed E-state index contributed by atoms with van der Waals surface area (Å²) in [6.45, 7) is 8.93. The highest BCUT2D eigenvalue weighted by Gasteiger charge is 2.25. The highest BCUT2D eigenvalue weighted by Crippen LogP contribution is 2.16. The van der Waals surface area contributed by atoms with E-state index in [0.29, 0.717) is 18.9 Å². The Labute approximate surface area is 145 Å². The Morgan fingerprint density at radius 1 is 1.38 bits per heavy atom. The first-order valence-corrected chi connectivity index (χ1v) is 9.05. The van der Waals surface area contributed by atoms with Crippen molar-refractivity contribution < 1.29 is 9.84 Å². The minimum absolute atomic E-state index is 0.420. The van der Waals surface area contributed by atoms with E-state index < -0.39 is 6.10 Å². The quantitative estimate of drug-likeness (QED) is 0.564. The van der Waals surface area contributed by atoms with Gasteiger partial charge in [0.2, 0.25) is 0 Å². The molecule has 0 spiro atoms. The molecule has 0 aliphatic carbocycles. The summed E-state index contributed by atoms with van der Waals surface area (Å²) >= 11 is 0. The SMILES string of the molecule is CCNC(=NCC(O)Cc1ccccc1)N1CCC(COCC)C1. The third-order valence-electron chi connectivity index (χ3n) is 4.24. The summed E-state index contributed by atoms with van der Waals surface area (Å²) in [5.74, 6) is 1.48. The highest BCUT2D eigenvalue weighted by molar-refractivity contribution is 5.80. The fourth-order valence-corrected chi connectivity index (χ4v) is 3.01. The molecule has 2 rings (SSSR count). The van der Waals surface area contributed by atoms with Crippen LogP contribution in [0, 0.1) is 5.92 Å². The molecule has 1 fully saturated rings. The zero-order valence-electron chi connectivity index (χ0n) is 14.9. The van der Waals surface area contributed by atoms with Gasteiger partial charge >= 0.3 is 0 Å². The number of hydrogen-bond acceptors (Lipinski definition) is 3. The van der Waals surface area contributed by atoms with Gasteiger partial charge in [0.05, 0.1) is 19.3 Å². The van der Waals surface area contributed by atoms with E-state index in [1.165, 1.54) is 0 Å². The molecular formula is C19H31N3O2. The Balaban J connectivity index is 1.86. The van der Waals surface area contributed by atoms with Gasteiger partial charge in [-0.1, -0.05) is 30.3 Å². The van der Waals surface area contributed by atoms with Crippen molar-refractivity contribution in [1.29, 1.82) is 0 Å². The summed E-state index contributed by atoms with van der Waals surface area (Å²) in [5.41, 5.74) is 1.14. The van der Waals surface area contributed by atoms with E-state index in [1.807, 2.05) is 37.3 Å². The molecule has 0 saturated carbocycles. The number of aliphatic hydroxyl groups is 1. The topological polar surface area (TPSA) is 57.1 Å². The molecule has 1 saturated heterocycles. The molecule has 2 atom stereocenters. The van der Waals surface area contributed by atoms with E-state index in [4.69, 9.17) is 4.74 Å². The molecule has 1 aliphatic heterocycles. The van der Waals surface area contributed by atoms with Crippen LogP contribution < -0.4 is 5.32 Å². The zero-order valence-corrected chi connectivity index (χ0v) is 14.9. The van der Waals surface area contributed by atoms with Gasteiger partial charge in [0.15, 0.2) is 5.96 Å². The molecule has 5 nitrogen and oxygen atoms in total. The number of aliphatic hydroxyl groups excluding tert-OH is 1. The second-order valence-electron chi connectivity index (χ2n) is 6.30. The fourth-order valence-electron chi connectivity index (χ4n) is 3.01. The van der Waals surface area contributed by atoms with Crippen molar-refractivity contribution >= 4 is 5.96 Å². The Morgan fingerprint density at radius 2 is 2.17 bits per heavy atom. The van der Waals surface area contributed by atoms with Gasteiger partial charge in [0, 0.05) is 38.6 Å². The van der Waals surface area contributed by atoms with Gasteiger partial charge in [-0.05, 0) is 25.8 Å². The predicted octanol–water partition coefficient (Wildman–Crippen LogP) is 1.91. The molecule has 2 N–H and O–H groups in total. The van der Waals surface area contributed by atoms with Gasteiger partial charge < -0.3 is 20.1 Å². The first-order chi connectivity index (χ1) is 11.7. The minimum atomic E-state index is -0.456. The van der Waals surface area contributed by atoms with Crippen LogP contribution in [0.25, 0.3) is 0 Å². The van der Waals surface area contributed by atoms with Crippen molar-refractivity contribution in [1.82, 2.24) is 10.2 Å². The van der Waals surface area contributed by atoms with Crippen molar-refractivity contribution in [3.63, 3.8) is 0 Å². The Morgan fingerprint density at radius 3 is 2.88 bits per heavy atom. The van der Waals surface area contributed by atoms with Crippen molar-refractivity contribution in [3.05, 3.63) is 35.9 Å². The van der Waals surface area contributed by atoms with E-state index in [1.54, 1.807) is 0 Å². The predicted molar refractivity (Wildman–Crippen MR) is 98.3 cm³/mol. The lowest BCUT2D eigenvalue weighted by Gasteiger charge is -2.22. The molecule has 1 aromatic rings. The van der Waals surface area contributed by atoms with Gasteiger partial charge in [-0.2, -0.15) is 0 Å². The number of guanidine groups is 1. The summed E-state index contributed by atoms with van der Waals surface area (Å²) < 4.78 is 5.54. The minimum Gasteiger partial charge on any atom is -0.391 e. The van der Waals surface area contributed by atoms with E-state index in [2.05, 4.69) is 22.1 Å². The lowest BCUT2D eigenvalue weighted by Crippen LogP contribution is -2.41. The maximum Gasteiger partial charge on any atom is 0.194 e. The second kappa shape index (κ2) is 10.3. The lowest BCUT2D eigenvalue weighted by atomic mass is 10.1. The molecule has 0 bridgehead atoms. The molecular weight excluding hydrogens is 302 g/mol.